The molecular weight excluding hydrogens is 791 g/mol. The summed E-state index contributed by atoms with van der Waals surface area (Å²) in [4.78, 5) is 2.42. The predicted molar refractivity (Wildman–Crippen MR) is 272 cm³/mol. The molecule has 4 aromatic heterocycles. The first-order valence-electron chi connectivity index (χ1n) is 22.5. The van der Waals surface area contributed by atoms with E-state index in [1.54, 1.807) is 0 Å². The third-order valence-corrected chi connectivity index (χ3v) is 14.3. The number of nitrogens with zero attached hydrogens (tertiary/aromatic N) is 3. The lowest BCUT2D eigenvalue weighted by Gasteiger charge is -2.28. The Morgan fingerprint density at radius 2 is 1.08 bits per heavy atom. The highest BCUT2D eigenvalue weighted by molar-refractivity contribution is 6.20. The van der Waals surface area contributed by atoms with E-state index in [-0.39, 0.29) is 5.41 Å². The van der Waals surface area contributed by atoms with Gasteiger partial charge in [-0.15, -0.1) is 0 Å². The number of rotatable bonds is 5. The summed E-state index contributed by atoms with van der Waals surface area (Å²) in [6.45, 7) is 4.70. The fraction of sp³-hybridized carbons (Fsp3) is 0.0492. The van der Waals surface area contributed by atoms with Gasteiger partial charge in [0.15, 0.2) is 0 Å². The van der Waals surface area contributed by atoms with Crippen LogP contribution < -0.4 is 4.90 Å². The molecule has 0 aliphatic heterocycles. The molecule has 0 bridgehead atoms. The highest BCUT2D eigenvalue weighted by Crippen LogP contribution is 2.52. The maximum Gasteiger partial charge on any atom is 0.137 e. The van der Waals surface area contributed by atoms with Crippen molar-refractivity contribution in [1.82, 2.24) is 8.97 Å². The van der Waals surface area contributed by atoms with Crippen molar-refractivity contribution in [3.05, 3.63) is 223 Å². The standard InChI is InChI=1S/C61H41N3O/c1-61(2)50-21-10-6-17-43(50)44-34-32-42(36-51(44)61)62(54-24-14-26-58-59(54)48-20-9-13-25-57(48)65-58)41-30-27-38(28-31-41)39-29-33-46-49(35-39)45-18-7-11-22-52(45)64-55(46)37-56-60(64)47-19-8-12-23-53(47)63(56)40-15-4-3-5-16-40/h3-37H,1-2H3. The van der Waals surface area contributed by atoms with Gasteiger partial charge in [0.05, 0.1) is 38.7 Å². The summed E-state index contributed by atoms with van der Waals surface area (Å²) in [5.41, 5.74) is 19.8. The number of pyridine rings is 1. The Morgan fingerprint density at radius 1 is 0.415 bits per heavy atom. The number of hydrogen-bond donors (Lipinski definition) is 0. The molecular formula is C61H41N3O. The van der Waals surface area contributed by atoms with Crippen LogP contribution in [-0.4, -0.2) is 8.97 Å². The van der Waals surface area contributed by atoms with Gasteiger partial charge in [0.2, 0.25) is 0 Å². The lowest BCUT2D eigenvalue weighted by Crippen LogP contribution is -2.16. The molecule has 0 saturated heterocycles. The number of anilines is 3. The van der Waals surface area contributed by atoms with E-state index in [2.05, 4.69) is 234 Å². The zero-order valence-electron chi connectivity index (χ0n) is 36.0. The van der Waals surface area contributed by atoms with Crippen molar-refractivity contribution in [2.45, 2.75) is 19.3 Å². The second kappa shape index (κ2) is 13.3. The zero-order chi connectivity index (χ0) is 43.0. The second-order valence-electron chi connectivity index (χ2n) is 18.1. The fourth-order valence-corrected chi connectivity index (χ4v) is 11.3. The number of aromatic nitrogens is 2. The molecule has 1 aliphatic carbocycles. The molecule has 0 N–H and O–H groups in total. The molecule has 9 aromatic carbocycles. The minimum absolute atomic E-state index is 0.135. The summed E-state index contributed by atoms with van der Waals surface area (Å²) in [6.07, 6.45) is 0. The fourth-order valence-electron chi connectivity index (χ4n) is 11.3. The van der Waals surface area contributed by atoms with E-state index in [1.807, 2.05) is 6.07 Å². The number of para-hydroxylation sites is 4. The number of fused-ring (bicyclic) bond motifs is 16. The molecule has 0 saturated carbocycles. The number of benzene rings is 9. The largest absolute Gasteiger partial charge is 0.456 e. The summed E-state index contributed by atoms with van der Waals surface area (Å²) in [5, 5.41) is 7.17. The Hall–Kier alpha value is -8.34. The average molecular weight is 832 g/mol. The molecule has 0 fully saturated rings. The molecule has 4 heteroatoms. The Kier molecular flexibility index (Phi) is 7.42. The van der Waals surface area contributed by atoms with E-state index in [0.717, 1.165) is 44.7 Å². The minimum atomic E-state index is -0.135. The molecule has 4 nitrogen and oxygen atoms in total. The van der Waals surface area contributed by atoms with Crippen LogP contribution in [0.1, 0.15) is 25.0 Å². The van der Waals surface area contributed by atoms with E-state index in [1.165, 1.54) is 82.5 Å². The van der Waals surface area contributed by atoms with E-state index in [9.17, 15) is 0 Å². The lowest BCUT2D eigenvalue weighted by atomic mass is 9.82. The molecule has 14 rings (SSSR count). The first kappa shape index (κ1) is 36.2. The van der Waals surface area contributed by atoms with Gasteiger partial charge in [0, 0.05) is 44.0 Å². The summed E-state index contributed by atoms with van der Waals surface area (Å²) in [7, 11) is 0. The van der Waals surface area contributed by atoms with Gasteiger partial charge in [0.25, 0.3) is 0 Å². The first-order valence-corrected chi connectivity index (χ1v) is 22.5. The van der Waals surface area contributed by atoms with Crippen molar-refractivity contribution in [3.63, 3.8) is 0 Å². The SMILES string of the molecule is CC1(C)c2ccccc2-c2ccc(N(c3ccc(-c4ccc5c(c4)c4ccccc4n4c5cc5c4c4ccccc4n5-c4ccccc4)cc3)c3cccc4oc5ccccc5c34)cc21. The van der Waals surface area contributed by atoms with Crippen LogP contribution in [0.4, 0.5) is 17.1 Å². The van der Waals surface area contributed by atoms with Gasteiger partial charge in [0.1, 0.15) is 11.2 Å². The van der Waals surface area contributed by atoms with E-state index in [4.69, 9.17) is 4.42 Å². The van der Waals surface area contributed by atoms with Crippen LogP contribution in [0, 0.1) is 0 Å². The van der Waals surface area contributed by atoms with Gasteiger partial charge >= 0.3 is 0 Å². The summed E-state index contributed by atoms with van der Waals surface area (Å²) < 4.78 is 11.4. The van der Waals surface area contributed by atoms with Gasteiger partial charge in [-0.05, 0) is 118 Å². The van der Waals surface area contributed by atoms with Crippen LogP contribution in [0.5, 0.6) is 0 Å². The Morgan fingerprint density at radius 3 is 1.94 bits per heavy atom. The molecule has 1 aliphatic rings. The normalized spacial score (nSPS) is 13.2. The average Bonchev–Trinajstić information content (AvgIpc) is 4.09. The van der Waals surface area contributed by atoms with Gasteiger partial charge in [-0.1, -0.05) is 147 Å². The summed E-state index contributed by atoms with van der Waals surface area (Å²) in [6, 6.07) is 77.6. The minimum Gasteiger partial charge on any atom is -0.456 e. The summed E-state index contributed by atoms with van der Waals surface area (Å²) in [5.74, 6) is 0. The Bertz CT molecular complexity index is 4090. The molecule has 0 atom stereocenters. The molecule has 0 unspecified atom stereocenters. The van der Waals surface area contributed by atoms with Crippen molar-refractivity contribution in [1.29, 1.82) is 0 Å². The molecule has 0 radical (unpaired) electrons. The first-order chi connectivity index (χ1) is 32.0. The maximum absolute atomic E-state index is 6.46. The molecule has 65 heavy (non-hydrogen) atoms. The van der Waals surface area contributed by atoms with Crippen LogP contribution in [0.25, 0.3) is 99.0 Å². The van der Waals surface area contributed by atoms with Crippen LogP contribution >= 0.6 is 0 Å². The quantitative estimate of drug-likeness (QED) is 0.162. The second-order valence-corrected chi connectivity index (χ2v) is 18.1. The van der Waals surface area contributed by atoms with Gasteiger partial charge < -0.3 is 18.3 Å². The van der Waals surface area contributed by atoms with E-state index < -0.39 is 0 Å². The molecule has 4 heterocycles. The van der Waals surface area contributed by atoms with Crippen molar-refractivity contribution in [2.75, 3.05) is 4.90 Å². The predicted octanol–water partition coefficient (Wildman–Crippen LogP) is 16.7. The molecule has 306 valence electrons. The van der Waals surface area contributed by atoms with Gasteiger partial charge in [-0.2, -0.15) is 0 Å². The maximum atomic E-state index is 6.46. The molecule has 13 aromatic rings. The Labute approximate surface area is 375 Å². The van der Waals surface area contributed by atoms with Crippen LogP contribution in [0.3, 0.4) is 0 Å². The van der Waals surface area contributed by atoms with Crippen LogP contribution in [0.2, 0.25) is 0 Å². The van der Waals surface area contributed by atoms with Gasteiger partial charge in [-0.3, -0.25) is 0 Å². The lowest BCUT2D eigenvalue weighted by molar-refractivity contribution is 0.660. The highest BCUT2D eigenvalue weighted by atomic mass is 16.3. The van der Waals surface area contributed by atoms with Crippen LogP contribution in [-0.2, 0) is 5.41 Å². The van der Waals surface area contributed by atoms with E-state index in [0.29, 0.717) is 0 Å². The molecule has 0 spiro atoms. The monoisotopic (exact) mass is 831 g/mol. The van der Waals surface area contributed by atoms with E-state index >= 15 is 0 Å². The van der Waals surface area contributed by atoms with Crippen molar-refractivity contribution in [3.8, 4) is 27.9 Å². The van der Waals surface area contributed by atoms with Crippen molar-refractivity contribution < 1.29 is 4.42 Å². The topological polar surface area (TPSA) is 25.7 Å². The van der Waals surface area contributed by atoms with Crippen molar-refractivity contribution in [2.24, 2.45) is 0 Å². The number of furan rings is 1. The molecule has 0 amide bonds. The third kappa shape index (κ3) is 5.08. The smallest absolute Gasteiger partial charge is 0.137 e. The highest BCUT2D eigenvalue weighted by Gasteiger charge is 2.36. The number of hydrogen-bond acceptors (Lipinski definition) is 2. The van der Waals surface area contributed by atoms with Gasteiger partial charge in [-0.25, -0.2) is 0 Å². The third-order valence-electron chi connectivity index (χ3n) is 14.3. The Balaban J connectivity index is 0.940. The zero-order valence-corrected chi connectivity index (χ0v) is 36.0. The van der Waals surface area contributed by atoms with Crippen LogP contribution in [0.15, 0.2) is 217 Å². The summed E-state index contributed by atoms with van der Waals surface area (Å²) >= 11 is 0. The van der Waals surface area contributed by atoms with Crippen molar-refractivity contribution >= 4 is 88.1 Å².